The molecule has 0 aromatic heterocycles. The summed E-state index contributed by atoms with van der Waals surface area (Å²) in [4.78, 5) is 17.1. The van der Waals surface area contributed by atoms with Crippen LogP contribution in [0.3, 0.4) is 0 Å². The predicted octanol–water partition coefficient (Wildman–Crippen LogP) is 4.94. The first kappa shape index (κ1) is 20.9. The maximum atomic E-state index is 13.1. The van der Waals surface area contributed by atoms with Gasteiger partial charge in [-0.3, -0.25) is 9.69 Å². The minimum absolute atomic E-state index is 0.0732. The number of hydrogen-bond donors (Lipinski definition) is 1. The highest BCUT2D eigenvalue weighted by atomic mass is 16.3. The fourth-order valence-corrected chi connectivity index (χ4v) is 5.02. The number of aryl methyl sites for hydroxylation is 1. The molecule has 0 saturated heterocycles. The first-order valence-corrected chi connectivity index (χ1v) is 11.7. The number of rotatable bonds is 7. The number of aliphatic hydroxyl groups is 1. The lowest BCUT2D eigenvalue weighted by Crippen LogP contribution is -2.43. The van der Waals surface area contributed by atoms with Crippen LogP contribution in [-0.2, 0) is 6.42 Å². The lowest BCUT2D eigenvalue weighted by Gasteiger charge is -2.36. The van der Waals surface area contributed by atoms with E-state index in [1.165, 1.54) is 12.0 Å². The van der Waals surface area contributed by atoms with Crippen LogP contribution >= 0.6 is 0 Å². The third-order valence-corrected chi connectivity index (χ3v) is 6.85. The van der Waals surface area contributed by atoms with Crippen LogP contribution in [0.25, 0.3) is 10.8 Å². The zero-order valence-electron chi connectivity index (χ0n) is 18.4. The third-order valence-electron chi connectivity index (χ3n) is 6.85. The van der Waals surface area contributed by atoms with Gasteiger partial charge in [0.25, 0.3) is 5.91 Å². The van der Waals surface area contributed by atoms with Crippen LogP contribution in [0, 0.1) is 0 Å². The van der Waals surface area contributed by atoms with Crippen molar-refractivity contribution in [2.75, 3.05) is 26.2 Å². The number of aliphatic hydroxyl groups excluding tert-OH is 1. The van der Waals surface area contributed by atoms with Crippen molar-refractivity contribution in [2.45, 2.75) is 31.9 Å². The highest BCUT2D eigenvalue weighted by Crippen LogP contribution is 2.35. The second kappa shape index (κ2) is 9.27. The summed E-state index contributed by atoms with van der Waals surface area (Å²) in [7, 11) is 0. The Morgan fingerprint density at radius 3 is 2.50 bits per heavy atom. The molecule has 164 valence electrons. The second-order valence-electron chi connectivity index (χ2n) is 8.88. The molecule has 4 heteroatoms. The molecule has 1 amide bonds. The smallest absolute Gasteiger partial charge is 0.256 e. The van der Waals surface area contributed by atoms with Crippen molar-refractivity contribution in [3.63, 3.8) is 0 Å². The normalized spacial score (nSPS) is 18.8. The molecule has 5 rings (SSSR count). The van der Waals surface area contributed by atoms with Gasteiger partial charge >= 0.3 is 0 Å². The van der Waals surface area contributed by atoms with Crippen LogP contribution in [0.15, 0.2) is 78.4 Å². The predicted molar refractivity (Wildman–Crippen MR) is 128 cm³/mol. The molecule has 0 fully saturated rings. The summed E-state index contributed by atoms with van der Waals surface area (Å²) in [5.41, 5.74) is 4.49. The standard InChI is InChI=1S/C28H30N2O2/c31-27-24-13-5-11-23-12-6-14-25(26(23)24)28(32)30(27)20-19-29-17-15-22(16-18-29)10-4-9-21-7-2-1-3-8-21/h1-3,5-8,11-15,27,31H,4,9-10,16-20H2. The minimum Gasteiger partial charge on any atom is -0.369 e. The molecule has 3 aromatic rings. The fraction of sp³-hybridized carbons (Fsp3) is 0.321. The van der Waals surface area contributed by atoms with E-state index < -0.39 is 6.23 Å². The Kier molecular flexibility index (Phi) is 6.06. The van der Waals surface area contributed by atoms with E-state index >= 15 is 0 Å². The zero-order chi connectivity index (χ0) is 21.9. The van der Waals surface area contributed by atoms with Gasteiger partial charge in [-0.2, -0.15) is 0 Å². The topological polar surface area (TPSA) is 43.8 Å². The molecule has 0 aliphatic carbocycles. The van der Waals surface area contributed by atoms with Crippen LogP contribution in [0.5, 0.6) is 0 Å². The fourth-order valence-electron chi connectivity index (χ4n) is 5.02. The number of carbonyl (C=O) groups excluding carboxylic acids is 1. The first-order chi connectivity index (χ1) is 15.7. The summed E-state index contributed by atoms with van der Waals surface area (Å²) in [6.45, 7) is 3.24. The van der Waals surface area contributed by atoms with Crippen molar-refractivity contribution in [1.82, 2.24) is 9.80 Å². The molecule has 2 aliphatic heterocycles. The average molecular weight is 427 g/mol. The van der Waals surface area contributed by atoms with Gasteiger partial charge < -0.3 is 10.0 Å². The monoisotopic (exact) mass is 426 g/mol. The van der Waals surface area contributed by atoms with E-state index in [1.807, 2.05) is 36.4 Å². The molecule has 1 unspecified atom stereocenters. The molecule has 0 saturated carbocycles. The number of carbonyl (C=O) groups is 1. The van der Waals surface area contributed by atoms with E-state index in [2.05, 4.69) is 41.3 Å². The van der Waals surface area contributed by atoms with Crippen LogP contribution in [0.4, 0.5) is 0 Å². The Morgan fingerprint density at radius 2 is 1.72 bits per heavy atom. The molecule has 0 radical (unpaired) electrons. The van der Waals surface area contributed by atoms with Crippen molar-refractivity contribution in [3.05, 3.63) is 95.1 Å². The van der Waals surface area contributed by atoms with Gasteiger partial charge in [-0.25, -0.2) is 0 Å². The van der Waals surface area contributed by atoms with Crippen molar-refractivity contribution in [1.29, 1.82) is 0 Å². The third kappa shape index (κ3) is 4.21. The highest BCUT2D eigenvalue weighted by molar-refractivity contribution is 6.10. The molecule has 1 N–H and O–H groups in total. The Balaban J connectivity index is 1.16. The van der Waals surface area contributed by atoms with Gasteiger partial charge in [-0.05, 0) is 42.7 Å². The maximum Gasteiger partial charge on any atom is 0.256 e. The Hall–Kier alpha value is -2.95. The molecule has 32 heavy (non-hydrogen) atoms. The van der Waals surface area contributed by atoms with Gasteiger partial charge in [-0.1, -0.05) is 72.3 Å². The molecular formula is C28H30N2O2. The summed E-state index contributed by atoms with van der Waals surface area (Å²) >= 11 is 0. The molecule has 1 atom stereocenters. The SMILES string of the molecule is O=C1c2cccc3cccc(c23)C(O)N1CCN1CC=C(CCCc2ccccc2)CC1. The number of hydrogen-bond acceptors (Lipinski definition) is 3. The van der Waals surface area contributed by atoms with E-state index in [1.54, 1.807) is 10.5 Å². The van der Waals surface area contributed by atoms with Gasteiger partial charge in [-0.15, -0.1) is 0 Å². The van der Waals surface area contributed by atoms with Gasteiger partial charge in [0.1, 0.15) is 0 Å². The largest absolute Gasteiger partial charge is 0.369 e. The van der Waals surface area contributed by atoms with Crippen molar-refractivity contribution in [2.24, 2.45) is 0 Å². The van der Waals surface area contributed by atoms with E-state index in [9.17, 15) is 9.90 Å². The number of amides is 1. The molecule has 0 spiro atoms. The second-order valence-corrected chi connectivity index (χ2v) is 8.88. The quantitative estimate of drug-likeness (QED) is 0.544. The number of benzene rings is 3. The van der Waals surface area contributed by atoms with Crippen molar-refractivity contribution in [3.8, 4) is 0 Å². The number of nitrogens with zero attached hydrogens (tertiary/aromatic N) is 2. The van der Waals surface area contributed by atoms with Gasteiger partial charge in [0.2, 0.25) is 0 Å². The zero-order valence-corrected chi connectivity index (χ0v) is 18.4. The van der Waals surface area contributed by atoms with Crippen LogP contribution in [0.1, 0.15) is 47.0 Å². The summed E-state index contributed by atoms with van der Waals surface area (Å²) in [6, 6.07) is 22.4. The average Bonchev–Trinajstić information content (AvgIpc) is 2.84. The van der Waals surface area contributed by atoms with E-state index in [4.69, 9.17) is 0 Å². The molecule has 4 nitrogen and oxygen atoms in total. The molecule has 2 heterocycles. The lowest BCUT2D eigenvalue weighted by atomic mass is 9.93. The Labute approximate surface area is 189 Å². The Morgan fingerprint density at radius 1 is 0.906 bits per heavy atom. The molecule has 3 aromatic carbocycles. The summed E-state index contributed by atoms with van der Waals surface area (Å²) in [5, 5.41) is 12.8. The molecule has 2 aliphatic rings. The van der Waals surface area contributed by atoms with Gasteiger partial charge in [0.05, 0.1) is 0 Å². The maximum absolute atomic E-state index is 13.1. The van der Waals surface area contributed by atoms with Crippen molar-refractivity contribution >= 4 is 16.7 Å². The van der Waals surface area contributed by atoms with E-state index in [0.29, 0.717) is 12.1 Å². The summed E-state index contributed by atoms with van der Waals surface area (Å²) in [6.07, 6.45) is 6.05. The van der Waals surface area contributed by atoms with E-state index in [-0.39, 0.29) is 5.91 Å². The molecule has 0 bridgehead atoms. The summed E-state index contributed by atoms with van der Waals surface area (Å²) < 4.78 is 0. The van der Waals surface area contributed by atoms with Crippen molar-refractivity contribution < 1.29 is 9.90 Å². The van der Waals surface area contributed by atoms with E-state index in [0.717, 1.165) is 55.2 Å². The van der Waals surface area contributed by atoms with Gasteiger partial charge in [0.15, 0.2) is 6.23 Å². The first-order valence-electron chi connectivity index (χ1n) is 11.7. The highest BCUT2D eigenvalue weighted by Gasteiger charge is 2.32. The van der Waals surface area contributed by atoms with Gasteiger partial charge in [0, 0.05) is 42.7 Å². The van der Waals surface area contributed by atoms with Crippen LogP contribution in [0.2, 0.25) is 0 Å². The lowest BCUT2D eigenvalue weighted by molar-refractivity contribution is 0.00143. The Bertz CT molecular complexity index is 1130. The van der Waals surface area contributed by atoms with Crippen LogP contribution < -0.4 is 0 Å². The van der Waals surface area contributed by atoms with Crippen LogP contribution in [-0.4, -0.2) is 47.0 Å². The summed E-state index contributed by atoms with van der Waals surface area (Å²) in [5.74, 6) is -0.0732. The molecular weight excluding hydrogens is 396 g/mol. The minimum atomic E-state index is -0.880.